The molecule has 0 radical (unpaired) electrons. The molecule has 0 bridgehead atoms. The number of benzene rings is 2. The lowest BCUT2D eigenvalue weighted by molar-refractivity contribution is -0.113. The third-order valence-electron chi connectivity index (χ3n) is 3.83. The number of hydrogen-bond acceptors (Lipinski definition) is 3. The maximum absolute atomic E-state index is 12.2. The number of pyridine rings is 1. The summed E-state index contributed by atoms with van der Waals surface area (Å²) in [6.07, 6.45) is 0. The summed E-state index contributed by atoms with van der Waals surface area (Å²) in [5.41, 5.74) is 4.65. The molecule has 2 aromatic carbocycles. The quantitative estimate of drug-likeness (QED) is 0.729. The predicted molar refractivity (Wildman–Crippen MR) is 105 cm³/mol. The van der Waals surface area contributed by atoms with Crippen LogP contribution in [0.15, 0.2) is 53.3 Å². The third kappa shape index (κ3) is 4.51. The fourth-order valence-electron chi connectivity index (χ4n) is 2.67. The van der Waals surface area contributed by atoms with Crippen LogP contribution in [-0.4, -0.2) is 16.6 Å². The maximum atomic E-state index is 12.2. The molecule has 25 heavy (non-hydrogen) atoms. The molecule has 0 saturated heterocycles. The number of rotatable bonds is 5. The molecule has 0 spiro atoms. The molecule has 0 fully saturated rings. The number of H-pyrrole nitrogens is 1. The second-order valence-corrected chi connectivity index (χ2v) is 7.10. The Morgan fingerprint density at radius 2 is 1.88 bits per heavy atom. The van der Waals surface area contributed by atoms with E-state index in [1.807, 2.05) is 56.3 Å². The van der Waals surface area contributed by atoms with E-state index in [-0.39, 0.29) is 11.3 Å². The minimum absolute atomic E-state index is 0.0114. The number of aryl methyl sites for hydroxylation is 2. The zero-order valence-corrected chi connectivity index (χ0v) is 15.1. The first-order chi connectivity index (χ1) is 12.0. The molecule has 0 unspecified atom stereocenters. The third-order valence-corrected chi connectivity index (χ3v) is 4.82. The van der Waals surface area contributed by atoms with Crippen molar-refractivity contribution in [2.45, 2.75) is 19.6 Å². The number of amides is 1. The summed E-state index contributed by atoms with van der Waals surface area (Å²) in [4.78, 5) is 27.5. The van der Waals surface area contributed by atoms with E-state index in [2.05, 4.69) is 10.3 Å². The highest BCUT2D eigenvalue weighted by atomic mass is 32.2. The van der Waals surface area contributed by atoms with E-state index in [0.717, 1.165) is 28.0 Å². The van der Waals surface area contributed by atoms with Crippen molar-refractivity contribution in [2.75, 3.05) is 11.1 Å². The molecule has 0 aliphatic rings. The zero-order chi connectivity index (χ0) is 17.8. The van der Waals surface area contributed by atoms with Crippen molar-refractivity contribution in [2.24, 2.45) is 0 Å². The van der Waals surface area contributed by atoms with Crippen molar-refractivity contribution in [1.29, 1.82) is 0 Å². The van der Waals surface area contributed by atoms with E-state index in [4.69, 9.17) is 0 Å². The maximum Gasteiger partial charge on any atom is 0.234 e. The molecule has 4 nitrogen and oxygen atoms in total. The number of fused-ring (bicyclic) bond motifs is 1. The molecular weight excluding hydrogens is 332 g/mol. The number of hydrogen-bond donors (Lipinski definition) is 2. The first-order valence-electron chi connectivity index (χ1n) is 8.08. The second kappa shape index (κ2) is 7.57. The van der Waals surface area contributed by atoms with Crippen LogP contribution in [0.25, 0.3) is 10.9 Å². The van der Waals surface area contributed by atoms with Gasteiger partial charge in [-0.1, -0.05) is 23.8 Å². The van der Waals surface area contributed by atoms with E-state index in [0.29, 0.717) is 16.9 Å². The molecule has 1 heterocycles. The number of anilines is 1. The molecular formula is C20H20N2O2S. The number of nitrogens with one attached hydrogen (secondary N) is 2. The minimum Gasteiger partial charge on any atom is -0.357 e. The van der Waals surface area contributed by atoms with Crippen LogP contribution in [0.2, 0.25) is 0 Å². The van der Waals surface area contributed by atoms with Gasteiger partial charge in [0.1, 0.15) is 0 Å². The van der Waals surface area contributed by atoms with Crippen molar-refractivity contribution in [3.05, 3.63) is 75.6 Å². The summed E-state index contributed by atoms with van der Waals surface area (Å²) < 4.78 is 0. The normalized spacial score (nSPS) is 10.8. The molecule has 0 aliphatic heterocycles. The van der Waals surface area contributed by atoms with Gasteiger partial charge in [0.2, 0.25) is 5.91 Å². The van der Waals surface area contributed by atoms with Crippen molar-refractivity contribution in [1.82, 2.24) is 4.98 Å². The van der Waals surface area contributed by atoms with Gasteiger partial charge in [0.15, 0.2) is 5.43 Å². The smallest absolute Gasteiger partial charge is 0.234 e. The first-order valence-corrected chi connectivity index (χ1v) is 9.23. The summed E-state index contributed by atoms with van der Waals surface area (Å²) in [5, 5.41) is 3.58. The van der Waals surface area contributed by atoms with E-state index < -0.39 is 0 Å². The predicted octanol–water partition coefficient (Wildman–Crippen LogP) is 4.02. The Kier molecular flexibility index (Phi) is 5.24. The van der Waals surface area contributed by atoms with Gasteiger partial charge in [-0.2, -0.15) is 0 Å². The lowest BCUT2D eigenvalue weighted by Crippen LogP contribution is -2.14. The number of carbonyl (C=O) groups excluding carboxylic acids is 1. The standard InChI is InChI=1S/C20H20N2O2S/c1-13-4-3-5-15(8-13)22-20(24)12-25-11-16-10-19(23)17-9-14(2)6-7-18(17)21-16/h3-10H,11-12H2,1-2H3,(H,21,23)(H,22,24). The van der Waals surface area contributed by atoms with E-state index in [9.17, 15) is 9.59 Å². The van der Waals surface area contributed by atoms with Gasteiger partial charge in [-0.05, 0) is 43.7 Å². The minimum atomic E-state index is -0.0469. The number of aromatic nitrogens is 1. The molecule has 0 aliphatic carbocycles. The van der Waals surface area contributed by atoms with Crippen molar-refractivity contribution in [3.63, 3.8) is 0 Å². The summed E-state index contributed by atoms with van der Waals surface area (Å²) in [7, 11) is 0. The Morgan fingerprint density at radius 3 is 2.68 bits per heavy atom. The average molecular weight is 352 g/mol. The van der Waals surface area contributed by atoms with Gasteiger partial charge >= 0.3 is 0 Å². The molecule has 3 aromatic rings. The van der Waals surface area contributed by atoms with E-state index in [1.54, 1.807) is 6.07 Å². The summed E-state index contributed by atoms with van der Waals surface area (Å²) in [5.74, 6) is 0.872. The lowest BCUT2D eigenvalue weighted by Gasteiger charge is -2.07. The Morgan fingerprint density at radius 1 is 1.08 bits per heavy atom. The Balaban J connectivity index is 1.60. The second-order valence-electron chi connectivity index (χ2n) is 6.12. The van der Waals surface area contributed by atoms with Gasteiger partial charge in [-0.3, -0.25) is 9.59 Å². The van der Waals surface area contributed by atoms with Gasteiger partial charge in [0, 0.05) is 34.1 Å². The zero-order valence-electron chi connectivity index (χ0n) is 14.3. The highest BCUT2D eigenvalue weighted by Crippen LogP contribution is 2.15. The molecule has 2 N–H and O–H groups in total. The van der Waals surface area contributed by atoms with Gasteiger partial charge in [-0.25, -0.2) is 0 Å². The number of aromatic amines is 1. The van der Waals surface area contributed by atoms with Crippen LogP contribution in [-0.2, 0) is 10.5 Å². The van der Waals surface area contributed by atoms with Crippen molar-refractivity contribution in [3.8, 4) is 0 Å². The van der Waals surface area contributed by atoms with Crippen LogP contribution >= 0.6 is 11.8 Å². The van der Waals surface area contributed by atoms with Gasteiger partial charge in [-0.15, -0.1) is 11.8 Å². The Hall–Kier alpha value is -2.53. The van der Waals surface area contributed by atoms with Crippen molar-refractivity contribution >= 4 is 34.3 Å². The van der Waals surface area contributed by atoms with E-state index in [1.165, 1.54) is 11.8 Å². The molecule has 128 valence electrons. The Labute approximate surface area is 150 Å². The van der Waals surface area contributed by atoms with Crippen LogP contribution < -0.4 is 10.7 Å². The first kappa shape index (κ1) is 17.3. The van der Waals surface area contributed by atoms with Crippen LogP contribution in [0.4, 0.5) is 5.69 Å². The highest BCUT2D eigenvalue weighted by Gasteiger charge is 2.06. The topological polar surface area (TPSA) is 62.0 Å². The average Bonchev–Trinajstić information content (AvgIpc) is 2.55. The number of thioether (sulfide) groups is 1. The fraction of sp³-hybridized carbons (Fsp3) is 0.200. The van der Waals surface area contributed by atoms with Crippen LogP contribution in [0.5, 0.6) is 0 Å². The summed E-state index contributed by atoms with van der Waals surface area (Å²) in [6.45, 7) is 3.96. The molecule has 5 heteroatoms. The van der Waals surface area contributed by atoms with Crippen LogP contribution in [0, 0.1) is 13.8 Å². The molecule has 0 atom stereocenters. The van der Waals surface area contributed by atoms with Gasteiger partial charge < -0.3 is 10.3 Å². The van der Waals surface area contributed by atoms with Crippen LogP contribution in [0.3, 0.4) is 0 Å². The molecule has 3 rings (SSSR count). The van der Waals surface area contributed by atoms with E-state index >= 15 is 0 Å². The monoisotopic (exact) mass is 352 g/mol. The SMILES string of the molecule is Cc1cccc(NC(=O)CSCc2cc(=O)c3cc(C)ccc3[nH]2)c1. The molecule has 0 saturated carbocycles. The summed E-state index contributed by atoms with van der Waals surface area (Å²) >= 11 is 1.48. The van der Waals surface area contributed by atoms with Gasteiger partial charge in [0.05, 0.1) is 5.75 Å². The molecule has 1 amide bonds. The molecule has 1 aromatic heterocycles. The van der Waals surface area contributed by atoms with Crippen molar-refractivity contribution < 1.29 is 4.79 Å². The van der Waals surface area contributed by atoms with Gasteiger partial charge in [0.25, 0.3) is 0 Å². The largest absolute Gasteiger partial charge is 0.357 e. The summed E-state index contributed by atoms with van der Waals surface area (Å²) in [6, 6.07) is 15.1. The highest BCUT2D eigenvalue weighted by molar-refractivity contribution is 7.99. The fourth-order valence-corrected chi connectivity index (χ4v) is 3.40. The number of carbonyl (C=O) groups is 1. The Bertz CT molecular complexity index is 979. The van der Waals surface area contributed by atoms with Crippen LogP contribution in [0.1, 0.15) is 16.8 Å². The lowest BCUT2D eigenvalue weighted by atomic mass is 10.1.